The van der Waals surface area contributed by atoms with E-state index in [9.17, 15) is 13.2 Å². The third kappa shape index (κ3) is 4.56. The number of hydrogen-bond donors (Lipinski definition) is 1. The molecule has 1 N–H and O–H groups in total. The summed E-state index contributed by atoms with van der Waals surface area (Å²) >= 11 is 0. The van der Waals surface area contributed by atoms with E-state index in [0.29, 0.717) is 23.2 Å². The first-order chi connectivity index (χ1) is 15.4. The van der Waals surface area contributed by atoms with Crippen LogP contribution in [0.1, 0.15) is 17.0 Å². The molecular formula is C23H19F3N4O2. The minimum absolute atomic E-state index is 0.0187. The lowest BCUT2D eigenvalue weighted by Gasteiger charge is -2.15. The van der Waals surface area contributed by atoms with Crippen molar-refractivity contribution in [1.82, 2.24) is 15.0 Å². The summed E-state index contributed by atoms with van der Waals surface area (Å²) in [5.74, 6) is -0.587. The number of anilines is 2. The number of ether oxygens (including phenoxy) is 2. The quantitative estimate of drug-likeness (QED) is 0.433. The molecule has 0 saturated carbocycles. The fourth-order valence-corrected chi connectivity index (χ4v) is 3.26. The lowest BCUT2D eigenvalue weighted by molar-refractivity contribution is -0.144. The van der Waals surface area contributed by atoms with Gasteiger partial charge in [0.15, 0.2) is 11.5 Å². The third-order valence-electron chi connectivity index (χ3n) is 4.83. The Hall–Kier alpha value is -3.88. The van der Waals surface area contributed by atoms with Crippen molar-refractivity contribution in [3.63, 3.8) is 0 Å². The smallest absolute Gasteiger partial charge is 0.451 e. The minimum Gasteiger partial charge on any atom is -0.493 e. The number of methoxy groups -OCH3 is 2. The summed E-state index contributed by atoms with van der Waals surface area (Å²) in [5, 5.41) is 3.35. The van der Waals surface area contributed by atoms with Gasteiger partial charge in [-0.3, -0.25) is 4.98 Å². The van der Waals surface area contributed by atoms with Crippen LogP contribution >= 0.6 is 0 Å². The van der Waals surface area contributed by atoms with Gasteiger partial charge in [-0.15, -0.1) is 0 Å². The van der Waals surface area contributed by atoms with Crippen LogP contribution in [0.5, 0.6) is 11.5 Å². The van der Waals surface area contributed by atoms with Crippen molar-refractivity contribution in [3.05, 3.63) is 77.9 Å². The zero-order valence-corrected chi connectivity index (χ0v) is 17.3. The highest BCUT2D eigenvalue weighted by Crippen LogP contribution is 2.37. The second-order valence-corrected chi connectivity index (χ2v) is 6.97. The van der Waals surface area contributed by atoms with Crippen LogP contribution < -0.4 is 14.8 Å². The monoisotopic (exact) mass is 440 g/mol. The number of alkyl halides is 3. The molecule has 9 heteroatoms. The maximum atomic E-state index is 13.4. The van der Waals surface area contributed by atoms with E-state index in [0.717, 1.165) is 11.1 Å². The largest absolute Gasteiger partial charge is 0.493 e. The summed E-state index contributed by atoms with van der Waals surface area (Å²) in [6, 6.07) is 14.2. The first-order valence-electron chi connectivity index (χ1n) is 9.63. The molecule has 0 saturated heterocycles. The van der Waals surface area contributed by atoms with Gasteiger partial charge >= 0.3 is 6.18 Å². The van der Waals surface area contributed by atoms with E-state index in [1.807, 2.05) is 24.3 Å². The molecule has 0 aliphatic rings. The number of halogens is 3. The van der Waals surface area contributed by atoms with Crippen LogP contribution in [0.4, 0.5) is 24.7 Å². The highest BCUT2D eigenvalue weighted by Gasteiger charge is 2.35. The van der Waals surface area contributed by atoms with Gasteiger partial charge in [-0.05, 0) is 47.9 Å². The van der Waals surface area contributed by atoms with Crippen LogP contribution in [0.2, 0.25) is 0 Å². The normalized spacial score (nSPS) is 11.4. The minimum atomic E-state index is -4.70. The van der Waals surface area contributed by atoms with Crippen LogP contribution in [0.25, 0.3) is 10.9 Å². The Morgan fingerprint density at radius 3 is 2.09 bits per heavy atom. The van der Waals surface area contributed by atoms with Gasteiger partial charge in [-0.25, -0.2) is 9.97 Å². The highest BCUT2D eigenvalue weighted by atomic mass is 19.4. The van der Waals surface area contributed by atoms with Gasteiger partial charge in [-0.1, -0.05) is 12.1 Å². The molecular weight excluding hydrogens is 421 g/mol. The van der Waals surface area contributed by atoms with Crippen molar-refractivity contribution in [3.8, 4) is 11.5 Å². The average Bonchev–Trinajstić information content (AvgIpc) is 2.79. The molecule has 0 fully saturated rings. The van der Waals surface area contributed by atoms with Crippen LogP contribution in [-0.4, -0.2) is 29.2 Å². The molecule has 2 aromatic carbocycles. The number of pyridine rings is 1. The van der Waals surface area contributed by atoms with Crippen molar-refractivity contribution < 1.29 is 22.6 Å². The molecule has 0 radical (unpaired) electrons. The van der Waals surface area contributed by atoms with Crippen molar-refractivity contribution in [2.75, 3.05) is 19.5 Å². The summed E-state index contributed by atoms with van der Waals surface area (Å²) in [4.78, 5) is 11.4. The Labute approximate surface area is 182 Å². The summed E-state index contributed by atoms with van der Waals surface area (Å²) in [6.07, 6.45) is -0.527. The van der Waals surface area contributed by atoms with Gasteiger partial charge < -0.3 is 14.8 Å². The Kier molecular flexibility index (Phi) is 5.81. The Morgan fingerprint density at radius 2 is 1.47 bits per heavy atom. The molecule has 0 atom stereocenters. The van der Waals surface area contributed by atoms with E-state index < -0.39 is 12.0 Å². The maximum absolute atomic E-state index is 13.4. The zero-order chi connectivity index (χ0) is 22.7. The predicted molar refractivity (Wildman–Crippen MR) is 114 cm³/mol. The molecule has 0 aliphatic heterocycles. The summed E-state index contributed by atoms with van der Waals surface area (Å²) < 4.78 is 50.7. The van der Waals surface area contributed by atoms with Crippen LogP contribution in [0, 0.1) is 0 Å². The molecule has 0 bridgehead atoms. The molecule has 164 valence electrons. The first-order valence-corrected chi connectivity index (χ1v) is 9.63. The summed E-state index contributed by atoms with van der Waals surface area (Å²) in [7, 11) is 2.85. The Balaban J connectivity index is 1.70. The summed E-state index contributed by atoms with van der Waals surface area (Å²) in [6.45, 7) is 0. The van der Waals surface area contributed by atoms with E-state index in [-0.39, 0.29) is 17.1 Å². The van der Waals surface area contributed by atoms with E-state index in [1.54, 1.807) is 30.6 Å². The van der Waals surface area contributed by atoms with E-state index in [2.05, 4.69) is 20.3 Å². The number of rotatable bonds is 6. The molecule has 4 rings (SSSR count). The third-order valence-corrected chi connectivity index (χ3v) is 4.83. The van der Waals surface area contributed by atoms with Gasteiger partial charge in [0.2, 0.25) is 5.82 Å². The molecule has 4 aromatic rings. The molecule has 2 heterocycles. The predicted octanol–water partition coefficient (Wildman–Crippen LogP) is 5.40. The summed E-state index contributed by atoms with van der Waals surface area (Å²) in [5.41, 5.74) is 2.84. The molecule has 32 heavy (non-hydrogen) atoms. The number of aromatic nitrogens is 3. The SMILES string of the molecule is COc1cc2nc(C(F)(F)F)nc(Nc3ccc(Cc4ccncc4)cc3)c2cc1OC. The molecule has 0 amide bonds. The van der Waals surface area contributed by atoms with Crippen molar-refractivity contribution >= 4 is 22.4 Å². The second-order valence-electron chi connectivity index (χ2n) is 6.97. The van der Waals surface area contributed by atoms with Crippen LogP contribution in [-0.2, 0) is 12.6 Å². The molecule has 0 spiro atoms. The van der Waals surface area contributed by atoms with Gasteiger partial charge in [-0.2, -0.15) is 13.2 Å². The van der Waals surface area contributed by atoms with Crippen LogP contribution in [0.15, 0.2) is 60.9 Å². The van der Waals surface area contributed by atoms with Crippen molar-refractivity contribution in [2.24, 2.45) is 0 Å². The maximum Gasteiger partial charge on any atom is 0.451 e. The standard InChI is InChI=1S/C23H19F3N4O2/c1-31-19-12-17-18(13-20(19)32-2)29-22(23(24,25)26)30-21(17)28-16-5-3-14(4-6-16)11-15-7-9-27-10-8-15/h3-10,12-13H,11H2,1-2H3,(H,28,29,30). The number of hydrogen-bond acceptors (Lipinski definition) is 6. The number of fused-ring (bicyclic) bond motifs is 1. The highest BCUT2D eigenvalue weighted by molar-refractivity contribution is 5.93. The number of nitrogens with zero attached hydrogens (tertiary/aromatic N) is 3. The number of benzene rings is 2. The first kappa shape index (κ1) is 21.4. The van der Waals surface area contributed by atoms with Gasteiger partial charge in [0.05, 0.1) is 19.7 Å². The van der Waals surface area contributed by atoms with Crippen LogP contribution in [0.3, 0.4) is 0 Å². The van der Waals surface area contributed by atoms with Crippen molar-refractivity contribution in [1.29, 1.82) is 0 Å². The average molecular weight is 440 g/mol. The van der Waals surface area contributed by atoms with Gasteiger partial charge in [0.1, 0.15) is 5.82 Å². The fourth-order valence-electron chi connectivity index (χ4n) is 3.26. The van der Waals surface area contributed by atoms with Gasteiger partial charge in [0, 0.05) is 29.5 Å². The van der Waals surface area contributed by atoms with E-state index in [4.69, 9.17) is 9.47 Å². The van der Waals surface area contributed by atoms with E-state index >= 15 is 0 Å². The van der Waals surface area contributed by atoms with Gasteiger partial charge in [0.25, 0.3) is 0 Å². The Morgan fingerprint density at radius 1 is 0.844 bits per heavy atom. The number of nitrogens with one attached hydrogen (secondary N) is 1. The fraction of sp³-hybridized carbons (Fsp3) is 0.174. The Bertz CT molecular complexity index is 1230. The topological polar surface area (TPSA) is 69.2 Å². The second kappa shape index (κ2) is 8.70. The zero-order valence-electron chi connectivity index (χ0n) is 17.3. The lowest BCUT2D eigenvalue weighted by Crippen LogP contribution is -2.13. The lowest BCUT2D eigenvalue weighted by atomic mass is 10.1. The van der Waals surface area contributed by atoms with Crippen molar-refractivity contribution in [2.45, 2.75) is 12.6 Å². The van der Waals surface area contributed by atoms with E-state index in [1.165, 1.54) is 20.3 Å². The molecule has 0 aliphatic carbocycles. The molecule has 6 nitrogen and oxygen atoms in total. The molecule has 2 aromatic heterocycles. The molecule has 0 unspecified atom stereocenters.